The van der Waals surface area contributed by atoms with Gasteiger partial charge in [0.15, 0.2) is 0 Å². The van der Waals surface area contributed by atoms with Crippen LogP contribution in [0.15, 0.2) is 30.3 Å². The fraction of sp³-hybridized carbons (Fsp3) is 0.400. The Labute approximate surface area is 72.8 Å². The van der Waals surface area contributed by atoms with E-state index in [1.54, 1.807) is 7.11 Å². The van der Waals surface area contributed by atoms with Crippen molar-refractivity contribution < 1.29 is 9.84 Å². The van der Waals surface area contributed by atoms with E-state index < -0.39 is 6.10 Å². The lowest BCUT2D eigenvalue weighted by Crippen LogP contribution is -2.16. The Morgan fingerprint density at radius 2 is 1.83 bits per heavy atom. The molecule has 0 bridgehead atoms. The standard InChI is InChI=1S/C10H14O2/c1-8(12-2)10(11)9-6-4-3-5-7-9/h3-8,10-11H,1-2H3/t8-,10-/m1/s1. The van der Waals surface area contributed by atoms with E-state index in [0.29, 0.717) is 0 Å². The summed E-state index contributed by atoms with van der Waals surface area (Å²) in [6.07, 6.45) is -0.691. The molecule has 0 aliphatic rings. The molecule has 0 aliphatic carbocycles. The van der Waals surface area contributed by atoms with Gasteiger partial charge in [-0.25, -0.2) is 0 Å². The van der Waals surface area contributed by atoms with Crippen LogP contribution in [0, 0.1) is 0 Å². The maximum Gasteiger partial charge on any atom is 0.105 e. The van der Waals surface area contributed by atoms with E-state index in [1.165, 1.54) is 0 Å². The van der Waals surface area contributed by atoms with E-state index in [-0.39, 0.29) is 6.10 Å². The van der Waals surface area contributed by atoms with E-state index in [1.807, 2.05) is 37.3 Å². The number of methoxy groups -OCH3 is 1. The lowest BCUT2D eigenvalue weighted by Gasteiger charge is -2.17. The molecule has 1 N–H and O–H groups in total. The summed E-state index contributed by atoms with van der Waals surface area (Å²) in [4.78, 5) is 0. The summed E-state index contributed by atoms with van der Waals surface area (Å²) >= 11 is 0. The van der Waals surface area contributed by atoms with Gasteiger partial charge in [-0.1, -0.05) is 30.3 Å². The number of hydrogen-bond donors (Lipinski definition) is 1. The van der Waals surface area contributed by atoms with Crippen molar-refractivity contribution in [2.45, 2.75) is 19.1 Å². The molecular weight excluding hydrogens is 152 g/mol. The highest BCUT2D eigenvalue weighted by molar-refractivity contribution is 5.17. The Bertz CT molecular complexity index is 221. The molecule has 2 atom stereocenters. The van der Waals surface area contributed by atoms with Crippen LogP contribution in [0.4, 0.5) is 0 Å². The van der Waals surface area contributed by atoms with Crippen molar-refractivity contribution >= 4 is 0 Å². The van der Waals surface area contributed by atoms with Gasteiger partial charge in [-0.3, -0.25) is 0 Å². The molecule has 1 aromatic rings. The summed E-state index contributed by atoms with van der Waals surface area (Å²) in [6.45, 7) is 1.84. The topological polar surface area (TPSA) is 29.5 Å². The molecule has 0 heterocycles. The monoisotopic (exact) mass is 166 g/mol. The fourth-order valence-corrected chi connectivity index (χ4v) is 1.05. The molecule has 0 aliphatic heterocycles. The molecular formula is C10H14O2. The van der Waals surface area contributed by atoms with Crippen LogP contribution in [0.2, 0.25) is 0 Å². The lowest BCUT2D eigenvalue weighted by atomic mass is 10.1. The van der Waals surface area contributed by atoms with Crippen molar-refractivity contribution in [3.05, 3.63) is 35.9 Å². The van der Waals surface area contributed by atoms with Crippen molar-refractivity contribution in [1.29, 1.82) is 0 Å². The lowest BCUT2D eigenvalue weighted by molar-refractivity contribution is -0.00142. The molecule has 2 nitrogen and oxygen atoms in total. The number of aliphatic hydroxyl groups is 1. The minimum atomic E-state index is -0.531. The second-order valence-corrected chi connectivity index (χ2v) is 2.80. The minimum absolute atomic E-state index is 0.160. The zero-order valence-corrected chi connectivity index (χ0v) is 7.40. The zero-order chi connectivity index (χ0) is 8.97. The quantitative estimate of drug-likeness (QED) is 0.741. The van der Waals surface area contributed by atoms with Crippen molar-refractivity contribution in [3.8, 4) is 0 Å². The zero-order valence-electron chi connectivity index (χ0n) is 7.40. The van der Waals surface area contributed by atoms with Gasteiger partial charge in [0.05, 0.1) is 6.10 Å². The largest absolute Gasteiger partial charge is 0.386 e. The van der Waals surface area contributed by atoms with Crippen molar-refractivity contribution in [2.75, 3.05) is 7.11 Å². The minimum Gasteiger partial charge on any atom is -0.386 e. The predicted octanol–water partition coefficient (Wildman–Crippen LogP) is 1.75. The van der Waals surface area contributed by atoms with Gasteiger partial charge in [0, 0.05) is 7.11 Å². The molecule has 0 aromatic heterocycles. The second-order valence-electron chi connectivity index (χ2n) is 2.80. The Morgan fingerprint density at radius 3 is 2.33 bits per heavy atom. The predicted molar refractivity (Wildman–Crippen MR) is 47.9 cm³/mol. The smallest absolute Gasteiger partial charge is 0.105 e. The van der Waals surface area contributed by atoms with Crippen LogP contribution in [0.1, 0.15) is 18.6 Å². The molecule has 2 heteroatoms. The first kappa shape index (κ1) is 9.23. The number of ether oxygens (including phenoxy) is 1. The van der Waals surface area contributed by atoms with Gasteiger partial charge in [0.25, 0.3) is 0 Å². The molecule has 0 fully saturated rings. The van der Waals surface area contributed by atoms with E-state index in [4.69, 9.17) is 4.74 Å². The van der Waals surface area contributed by atoms with Crippen LogP contribution >= 0.6 is 0 Å². The molecule has 0 spiro atoms. The average Bonchev–Trinajstić information content (AvgIpc) is 2.17. The first-order valence-electron chi connectivity index (χ1n) is 4.01. The van der Waals surface area contributed by atoms with Gasteiger partial charge in [-0.2, -0.15) is 0 Å². The first-order chi connectivity index (χ1) is 5.75. The Morgan fingerprint density at radius 1 is 1.25 bits per heavy atom. The normalized spacial score (nSPS) is 15.6. The van der Waals surface area contributed by atoms with Crippen LogP contribution in [0.25, 0.3) is 0 Å². The maximum atomic E-state index is 9.66. The average molecular weight is 166 g/mol. The van der Waals surface area contributed by atoms with Crippen molar-refractivity contribution in [2.24, 2.45) is 0 Å². The molecule has 1 aromatic carbocycles. The maximum absolute atomic E-state index is 9.66. The second kappa shape index (κ2) is 4.24. The van der Waals surface area contributed by atoms with Gasteiger partial charge in [-0.15, -0.1) is 0 Å². The van der Waals surface area contributed by atoms with Gasteiger partial charge in [0.2, 0.25) is 0 Å². The molecule has 0 radical (unpaired) electrons. The van der Waals surface area contributed by atoms with E-state index in [0.717, 1.165) is 5.56 Å². The third-order valence-electron chi connectivity index (χ3n) is 1.96. The van der Waals surface area contributed by atoms with Crippen LogP contribution in [-0.2, 0) is 4.74 Å². The molecule has 0 amide bonds. The summed E-state index contributed by atoms with van der Waals surface area (Å²) in [5.41, 5.74) is 0.895. The van der Waals surface area contributed by atoms with E-state index in [9.17, 15) is 5.11 Å². The summed E-state index contributed by atoms with van der Waals surface area (Å²) in [5.74, 6) is 0. The summed E-state index contributed by atoms with van der Waals surface area (Å²) < 4.78 is 5.02. The van der Waals surface area contributed by atoms with E-state index >= 15 is 0 Å². The number of benzene rings is 1. The highest BCUT2D eigenvalue weighted by Gasteiger charge is 2.14. The number of hydrogen-bond acceptors (Lipinski definition) is 2. The highest BCUT2D eigenvalue weighted by atomic mass is 16.5. The molecule has 0 unspecified atom stereocenters. The molecule has 0 saturated heterocycles. The molecule has 1 rings (SSSR count). The molecule has 12 heavy (non-hydrogen) atoms. The number of aliphatic hydroxyl groups excluding tert-OH is 1. The first-order valence-corrected chi connectivity index (χ1v) is 4.01. The Hall–Kier alpha value is -0.860. The van der Waals surface area contributed by atoms with Gasteiger partial charge in [0.1, 0.15) is 6.10 Å². The molecule has 66 valence electrons. The van der Waals surface area contributed by atoms with Gasteiger partial charge < -0.3 is 9.84 Å². The van der Waals surface area contributed by atoms with Gasteiger partial charge >= 0.3 is 0 Å². The van der Waals surface area contributed by atoms with E-state index in [2.05, 4.69) is 0 Å². The van der Waals surface area contributed by atoms with Crippen molar-refractivity contribution in [3.63, 3.8) is 0 Å². The summed E-state index contributed by atoms with van der Waals surface area (Å²) in [6, 6.07) is 9.51. The third kappa shape index (κ3) is 2.06. The van der Waals surface area contributed by atoms with Crippen LogP contribution in [-0.4, -0.2) is 18.3 Å². The summed E-state index contributed by atoms with van der Waals surface area (Å²) in [7, 11) is 1.59. The van der Waals surface area contributed by atoms with Crippen LogP contribution in [0.3, 0.4) is 0 Å². The van der Waals surface area contributed by atoms with Crippen molar-refractivity contribution in [1.82, 2.24) is 0 Å². The number of rotatable bonds is 3. The SMILES string of the molecule is CO[C@H](C)[C@@H](O)c1ccccc1. The highest BCUT2D eigenvalue weighted by Crippen LogP contribution is 2.17. The van der Waals surface area contributed by atoms with Crippen LogP contribution in [0.5, 0.6) is 0 Å². The molecule has 0 saturated carbocycles. The fourth-order valence-electron chi connectivity index (χ4n) is 1.05. The summed E-state index contributed by atoms with van der Waals surface area (Å²) in [5, 5.41) is 9.66. The van der Waals surface area contributed by atoms with Crippen LogP contribution < -0.4 is 0 Å². The Kier molecular flexibility index (Phi) is 3.26. The third-order valence-corrected chi connectivity index (χ3v) is 1.96. The van der Waals surface area contributed by atoms with Gasteiger partial charge in [-0.05, 0) is 12.5 Å². The Balaban J connectivity index is 2.71.